The molecule has 43 heavy (non-hydrogen) atoms. The number of para-hydroxylation sites is 1. The lowest BCUT2D eigenvalue weighted by atomic mass is 9.66. The summed E-state index contributed by atoms with van der Waals surface area (Å²) in [5, 5.41) is 12.6. The first-order chi connectivity index (χ1) is 20.7. The number of carbonyl (C=O) groups excluding carboxylic acids is 1. The highest BCUT2D eigenvalue weighted by atomic mass is 32.2. The summed E-state index contributed by atoms with van der Waals surface area (Å²) in [5.74, 6) is -0.835. The van der Waals surface area contributed by atoms with Crippen LogP contribution in [0, 0.1) is 17.3 Å². The van der Waals surface area contributed by atoms with E-state index in [9.17, 15) is 18.3 Å². The fourth-order valence-corrected chi connectivity index (χ4v) is 9.01. The van der Waals surface area contributed by atoms with Gasteiger partial charge in [-0.3, -0.25) is 0 Å². The van der Waals surface area contributed by atoms with Crippen LogP contribution in [0.25, 0.3) is 10.9 Å². The normalized spacial score (nSPS) is 26.0. The number of pyridine rings is 1. The van der Waals surface area contributed by atoms with Crippen molar-refractivity contribution in [2.24, 2.45) is 17.3 Å². The summed E-state index contributed by atoms with van der Waals surface area (Å²) in [6, 6.07) is 21.0. The Morgan fingerprint density at radius 2 is 1.74 bits per heavy atom. The first-order valence-electron chi connectivity index (χ1n) is 15.3. The molecule has 0 radical (unpaired) electrons. The van der Waals surface area contributed by atoms with Crippen molar-refractivity contribution in [3.63, 3.8) is 0 Å². The van der Waals surface area contributed by atoms with Gasteiger partial charge in [-0.25, -0.2) is 18.2 Å². The zero-order chi connectivity index (χ0) is 30.2. The zero-order valence-corrected chi connectivity index (χ0v) is 25.6. The van der Waals surface area contributed by atoms with Crippen LogP contribution in [0.2, 0.25) is 0 Å². The molecule has 7 heteroatoms. The lowest BCUT2D eigenvalue weighted by Gasteiger charge is -2.46. The first-order valence-corrected chi connectivity index (χ1v) is 17.0. The molecule has 1 N–H and O–H groups in total. The zero-order valence-electron chi connectivity index (χ0n) is 24.8. The first kappa shape index (κ1) is 29.4. The number of benzene rings is 2. The quantitative estimate of drug-likeness (QED) is 0.244. The lowest BCUT2D eigenvalue weighted by molar-refractivity contribution is -0.166. The maximum absolute atomic E-state index is 14.0. The molecule has 1 fully saturated rings. The van der Waals surface area contributed by atoms with Gasteiger partial charge in [0.1, 0.15) is 11.4 Å². The molecule has 2 aromatic carbocycles. The van der Waals surface area contributed by atoms with Crippen molar-refractivity contribution in [2.45, 2.75) is 69.4 Å². The summed E-state index contributed by atoms with van der Waals surface area (Å²) in [6.07, 6.45) is 11.0. The Morgan fingerprint density at radius 1 is 1.00 bits per heavy atom. The monoisotopic (exact) mass is 597 g/mol. The minimum absolute atomic E-state index is 0.0445. The van der Waals surface area contributed by atoms with Crippen molar-refractivity contribution < 1.29 is 23.1 Å². The predicted molar refractivity (Wildman–Crippen MR) is 168 cm³/mol. The number of esters is 1. The number of carbonyl (C=O) groups is 1. The van der Waals surface area contributed by atoms with E-state index in [0.29, 0.717) is 31.2 Å². The van der Waals surface area contributed by atoms with E-state index in [1.807, 2.05) is 60.7 Å². The molecular weight excluding hydrogens is 558 g/mol. The average molecular weight is 598 g/mol. The molecule has 3 atom stereocenters. The Bertz CT molecular complexity index is 1740. The van der Waals surface area contributed by atoms with Gasteiger partial charge < -0.3 is 9.84 Å². The van der Waals surface area contributed by atoms with E-state index >= 15 is 0 Å². The number of aliphatic hydroxyl groups excluding tert-OH is 1. The maximum atomic E-state index is 14.0. The summed E-state index contributed by atoms with van der Waals surface area (Å²) in [6.45, 7) is 3.67. The molecule has 0 spiro atoms. The summed E-state index contributed by atoms with van der Waals surface area (Å²) >= 11 is 0. The van der Waals surface area contributed by atoms with Crippen molar-refractivity contribution in [3.8, 4) is 0 Å². The number of aryl methyl sites for hydroxylation is 1. The van der Waals surface area contributed by atoms with E-state index in [1.165, 1.54) is 0 Å². The van der Waals surface area contributed by atoms with E-state index in [-0.39, 0.29) is 28.0 Å². The highest BCUT2D eigenvalue weighted by molar-refractivity contribution is 7.91. The summed E-state index contributed by atoms with van der Waals surface area (Å²) < 4.78 is 34.2. The second-order valence-corrected chi connectivity index (χ2v) is 14.5. The third-order valence-electron chi connectivity index (χ3n) is 9.52. The van der Waals surface area contributed by atoms with Gasteiger partial charge >= 0.3 is 5.97 Å². The molecule has 0 amide bonds. The summed E-state index contributed by atoms with van der Waals surface area (Å²) in [5.41, 5.74) is 1.36. The Labute approximate surface area is 254 Å². The third-order valence-corrected chi connectivity index (χ3v) is 11.3. The number of fused-ring (bicyclic) bond motifs is 1. The van der Waals surface area contributed by atoms with Crippen molar-refractivity contribution in [1.29, 1.82) is 0 Å². The molecule has 0 bridgehead atoms. The summed E-state index contributed by atoms with van der Waals surface area (Å²) in [7, 11) is -3.74. The highest BCUT2D eigenvalue weighted by Crippen LogP contribution is 2.56. The largest absolute Gasteiger partial charge is 0.511 e. The molecular formula is C36H39NO5S. The molecule has 3 aromatic rings. The number of hydrogen-bond donors (Lipinski definition) is 1. The van der Waals surface area contributed by atoms with E-state index in [0.717, 1.165) is 35.8 Å². The fourth-order valence-electron chi connectivity index (χ4n) is 7.21. The maximum Gasteiger partial charge on any atom is 0.337 e. The Hall–Kier alpha value is -3.71. The van der Waals surface area contributed by atoms with Crippen LogP contribution in [-0.2, 0) is 25.8 Å². The van der Waals surface area contributed by atoms with Gasteiger partial charge in [-0.15, -0.1) is 0 Å². The SMILES string of the molecule is CCCC1(CCc2ccccc2)OC(=O)C(C)=C(O)C1C1=CC=CC(CS(=O)(=O)c2ccc3ccccc3n2)(C2CC2)C1. The van der Waals surface area contributed by atoms with Crippen molar-refractivity contribution in [3.05, 3.63) is 107 Å². The van der Waals surface area contributed by atoms with Gasteiger partial charge in [-0.05, 0) is 75.1 Å². The van der Waals surface area contributed by atoms with Crippen LogP contribution in [0.3, 0.4) is 0 Å². The van der Waals surface area contributed by atoms with Gasteiger partial charge in [-0.1, -0.05) is 85.7 Å². The average Bonchev–Trinajstić information content (AvgIpc) is 3.86. The molecule has 1 aromatic heterocycles. The topological polar surface area (TPSA) is 93.6 Å². The standard InChI is InChI=1S/C36H39NO5S/c1-3-20-36(22-19-26-10-5-4-6-11-26)32(33(38)25(2)34(39)42-36)28-13-9-21-35(23-28,29-16-17-29)24-43(40,41)31-18-15-27-12-7-8-14-30(27)37-31/h4-15,18,21,29,32,38H,3,16-17,19-20,22-24H2,1-2H3. The van der Waals surface area contributed by atoms with Gasteiger partial charge in [0.05, 0.1) is 22.8 Å². The molecule has 1 aliphatic heterocycles. The molecule has 6 nitrogen and oxygen atoms in total. The van der Waals surface area contributed by atoms with Gasteiger partial charge in [-0.2, -0.15) is 0 Å². The van der Waals surface area contributed by atoms with Crippen molar-refractivity contribution >= 4 is 26.7 Å². The highest BCUT2D eigenvalue weighted by Gasteiger charge is 2.54. The molecule has 6 rings (SSSR count). The van der Waals surface area contributed by atoms with Gasteiger partial charge in [0, 0.05) is 10.8 Å². The molecule has 2 aliphatic carbocycles. The van der Waals surface area contributed by atoms with Crippen LogP contribution in [-0.4, -0.2) is 35.8 Å². The number of rotatable bonds is 10. The molecule has 3 aliphatic rings. The Morgan fingerprint density at radius 3 is 2.49 bits per heavy atom. The summed E-state index contributed by atoms with van der Waals surface area (Å²) in [4.78, 5) is 17.6. The number of sulfone groups is 1. The Balaban J connectivity index is 1.36. The number of hydrogen-bond acceptors (Lipinski definition) is 6. The number of allylic oxidation sites excluding steroid dienone is 3. The Kier molecular flexibility index (Phi) is 7.80. The van der Waals surface area contributed by atoms with Crippen LogP contribution in [0.4, 0.5) is 0 Å². The van der Waals surface area contributed by atoms with E-state index in [2.05, 4.69) is 30.1 Å². The fraction of sp³-hybridized carbons (Fsp3) is 0.389. The predicted octanol–water partition coefficient (Wildman–Crippen LogP) is 7.47. The van der Waals surface area contributed by atoms with Crippen LogP contribution >= 0.6 is 0 Å². The number of aliphatic hydroxyl groups is 1. The molecule has 2 heterocycles. The number of aromatic nitrogens is 1. The van der Waals surface area contributed by atoms with Crippen LogP contribution in [0.1, 0.15) is 57.9 Å². The number of ether oxygens (including phenoxy) is 1. The third kappa shape index (κ3) is 5.67. The van der Waals surface area contributed by atoms with Crippen LogP contribution in [0.5, 0.6) is 0 Å². The van der Waals surface area contributed by atoms with Crippen molar-refractivity contribution in [2.75, 3.05) is 5.75 Å². The van der Waals surface area contributed by atoms with Crippen molar-refractivity contribution in [1.82, 2.24) is 4.98 Å². The molecule has 224 valence electrons. The number of nitrogens with zero attached hydrogens (tertiary/aromatic N) is 1. The van der Waals surface area contributed by atoms with Crippen LogP contribution in [0.15, 0.2) is 107 Å². The second kappa shape index (κ2) is 11.4. The molecule has 1 saturated carbocycles. The molecule has 0 saturated heterocycles. The van der Waals surface area contributed by atoms with Gasteiger partial charge in [0.25, 0.3) is 0 Å². The van der Waals surface area contributed by atoms with E-state index < -0.39 is 32.7 Å². The molecule has 3 unspecified atom stereocenters. The van der Waals surface area contributed by atoms with Crippen LogP contribution < -0.4 is 0 Å². The lowest BCUT2D eigenvalue weighted by Crippen LogP contribution is -2.49. The van der Waals surface area contributed by atoms with E-state index in [4.69, 9.17) is 4.74 Å². The number of cyclic esters (lactones) is 1. The van der Waals surface area contributed by atoms with Gasteiger partial charge in [0.2, 0.25) is 0 Å². The second-order valence-electron chi connectivity index (χ2n) is 12.5. The minimum atomic E-state index is -3.74. The van der Waals surface area contributed by atoms with E-state index in [1.54, 1.807) is 13.0 Å². The minimum Gasteiger partial charge on any atom is -0.511 e. The smallest absolute Gasteiger partial charge is 0.337 e. The van der Waals surface area contributed by atoms with Gasteiger partial charge in [0.15, 0.2) is 14.9 Å².